The molecule has 0 N–H and O–H groups in total. The highest BCUT2D eigenvalue weighted by Crippen LogP contribution is 2.48. The van der Waals surface area contributed by atoms with Crippen molar-refractivity contribution in [2.45, 2.75) is 82.9 Å². The zero-order valence-corrected chi connectivity index (χ0v) is 18.2. The summed E-state index contributed by atoms with van der Waals surface area (Å²) < 4.78 is 12.0. The van der Waals surface area contributed by atoms with Crippen LogP contribution in [0.5, 0.6) is 5.75 Å². The molecular formula is C21H33NO3Si. The van der Waals surface area contributed by atoms with E-state index in [0.717, 1.165) is 12.2 Å². The lowest BCUT2D eigenvalue weighted by Gasteiger charge is -2.40. The number of carbonyl (C=O) groups is 1. The molecule has 2 fully saturated rings. The van der Waals surface area contributed by atoms with Crippen LogP contribution in [0.15, 0.2) is 24.3 Å². The average molecular weight is 376 g/mol. The molecule has 4 nitrogen and oxygen atoms in total. The second-order valence-electron chi connectivity index (χ2n) is 9.25. The van der Waals surface area contributed by atoms with E-state index < -0.39 is 8.32 Å². The number of Topliss-reactive ketones (excluding diaryl/α,β-unsaturated/α-hetero) is 1. The lowest BCUT2D eigenvalue weighted by molar-refractivity contribution is -0.120. The van der Waals surface area contributed by atoms with Crippen molar-refractivity contribution in [1.82, 2.24) is 4.90 Å². The molecule has 0 aromatic heterocycles. The topological polar surface area (TPSA) is 38.5 Å². The molecule has 1 heterocycles. The first-order chi connectivity index (χ1) is 12.1. The summed E-state index contributed by atoms with van der Waals surface area (Å²) in [5.74, 6) is 1.24. The first kappa shape index (κ1) is 19.6. The molecule has 3 rings (SSSR count). The Bertz CT molecular complexity index is 665. The summed E-state index contributed by atoms with van der Waals surface area (Å²) in [6, 6.07) is 8.67. The quantitative estimate of drug-likeness (QED) is 0.558. The SMILES string of the molecule is COc1ccc([C@@H](C)N2[C@@H]3[C@@H](O[Si](C)(C)C(C)(C)C)CCC(=O)[C@@H]32)cc1. The van der Waals surface area contributed by atoms with E-state index in [-0.39, 0.29) is 29.3 Å². The largest absolute Gasteiger partial charge is 0.497 e. The van der Waals surface area contributed by atoms with E-state index in [0.29, 0.717) is 12.2 Å². The van der Waals surface area contributed by atoms with Crippen LogP contribution >= 0.6 is 0 Å². The zero-order chi connectivity index (χ0) is 19.3. The van der Waals surface area contributed by atoms with Gasteiger partial charge in [-0.3, -0.25) is 9.69 Å². The lowest BCUT2D eigenvalue weighted by Crippen LogP contribution is -2.47. The molecule has 0 radical (unpaired) electrons. The highest BCUT2D eigenvalue weighted by molar-refractivity contribution is 6.74. The van der Waals surface area contributed by atoms with Crippen molar-refractivity contribution < 1.29 is 14.0 Å². The number of benzene rings is 1. The average Bonchev–Trinajstić information content (AvgIpc) is 3.32. The maximum Gasteiger partial charge on any atom is 0.192 e. The molecule has 5 atom stereocenters. The summed E-state index contributed by atoms with van der Waals surface area (Å²) in [7, 11) is -0.161. The number of ether oxygens (including phenoxy) is 1. The fourth-order valence-electron chi connectivity index (χ4n) is 3.86. The Labute approximate surface area is 159 Å². The molecule has 0 bridgehead atoms. The van der Waals surface area contributed by atoms with Crippen molar-refractivity contribution in [3.8, 4) is 5.75 Å². The van der Waals surface area contributed by atoms with Crippen LogP contribution in [0.25, 0.3) is 0 Å². The number of nitrogens with zero attached hydrogens (tertiary/aromatic N) is 1. The molecule has 0 amide bonds. The maximum absolute atomic E-state index is 12.5. The summed E-state index contributed by atoms with van der Waals surface area (Å²) in [4.78, 5) is 14.8. The number of likely N-dealkylation sites (tertiary alicyclic amines) is 1. The summed E-state index contributed by atoms with van der Waals surface area (Å²) in [5, 5.41) is 0.186. The van der Waals surface area contributed by atoms with Gasteiger partial charge < -0.3 is 9.16 Å². The van der Waals surface area contributed by atoms with Gasteiger partial charge in [-0.05, 0) is 49.2 Å². The molecule has 1 aliphatic heterocycles. The van der Waals surface area contributed by atoms with Crippen LogP contribution in [0.3, 0.4) is 0 Å². The van der Waals surface area contributed by atoms with Crippen molar-refractivity contribution in [1.29, 1.82) is 0 Å². The van der Waals surface area contributed by atoms with Crippen molar-refractivity contribution in [3.05, 3.63) is 29.8 Å². The number of carbonyl (C=O) groups excluding carboxylic acids is 1. The zero-order valence-electron chi connectivity index (χ0n) is 17.2. The van der Waals surface area contributed by atoms with Crippen LogP contribution < -0.4 is 4.74 Å². The number of methoxy groups -OCH3 is 1. The van der Waals surface area contributed by atoms with E-state index in [1.165, 1.54) is 5.56 Å². The molecule has 1 unspecified atom stereocenters. The predicted octanol–water partition coefficient (Wildman–Crippen LogP) is 4.56. The molecule has 1 aliphatic carbocycles. The smallest absolute Gasteiger partial charge is 0.192 e. The molecule has 1 saturated carbocycles. The third kappa shape index (κ3) is 3.49. The fraction of sp³-hybridized carbons (Fsp3) is 0.667. The van der Waals surface area contributed by atoms with Gasteiger partial charge in [0.15, 0.2) is 14.1 Å². The molecular weight excluding hydrogens is 342 g/mol. The Kier molecular flexibility index (Phi) is 5.10. The van der Waals surface area contributed by atoms with E-state index in [4.69, 9.17) is 9.16 Å². The van der Waals surface area contributed by atoms with Gasteiger partial charge in [0, 0.05) is 12.5 Å². The summed E-state index contributed by atoms with van der Waals surface area (Å²) in [6.07, 6.45) is 1.68. The molecule has 0 spiro atoms. The van der Waals surface area contributed by atoms with Gasteiger partial charge in [0.1, 0.15) is 5.75 Å². The molecule has 1 aromatic rings. The standard InChI is InChI=1S/C21H33NO3Si/c1-14(15-8-10-16(24-5)11-9-15)22-19-17(23)12-13-18(20(19)22)25-26(6,7)21(2,3)4/h8-11,14,18-20H,12-13H2,1-7H3/t14-,18+,19+,20-,22?/m1/s1. The van der Waals surface area contributed by atoms with Crippen molar-refractivity contribution in [2.75, 3.05) is 7.11 Å². The van der Waals surface area contributed by atoms with Crippen LogP contribution in [0.2, 0.25) is 18.1 Å². The van der Waals surface area contributed by atoms with Gasteiger partial charge in [-0.1, -0.05) is 32.9 Å². The van der Waals surface area contributed by atoms with Crippen LogP contribution in [-0.2, 0) is 9.22 Å². The monoisotopic (exact) mass is 375 g/mol. The van der Waals surface area contributed by atoms with Gasteiger partial charge in [0.2, 0.25) is 0 Å². The summed E-state index contributed by atoms with van der Waals surface area (Å²) >= 11 is 0. The minimum atomic E-state index is -1.84. The molecule has 5 heteroatoms. The molecule has 1 aromatic carbocycles. The number of rotatable bonds is 5. The van der Waals surface area contributed by atoms with Gasteiger partial charge in [-0.2, -0.15) is 0 Å². The first-order valence-corrected chi connectivity index (χ1v) is 12.6. The predicted molar refractivity (Wildman–Crippen MR) is 107 cm³/mol. The molecule has 144 valence electrons. The lowest BCUT2D eigenvalue weighted by atomic mass is 9.97. The Morgan fingerprint density at radius 3 is 2.35 bits per heavy atom. The van der Waals surface area contributed by atoms with Crippen LogP contribution in [0.1, 0.15) is 52.1 Å². The fourth-order valence-corrected chi connectivity index (χ4v) is 5.23. The van der Waals surface area contributed by atoms with Crippen LogP contribution in [0.4, 0.5) is 0 Å². The van der Waals surface area contributed by atoms with Gasteiger partial charge >= 0.3 is 0 Å². The third-order valence-electron chi connectivity index (χ3n) is 6.58. The van der Waals surface area contributed by atoms with Crippen LogP contribution in [-0.4, -0.2) is 44.3 Å². The second-order valence-corrected chi connectivity index (χ2v) is 14.0. The number of hydrogen-bond donors (Lipinski definition) is 0. The maximum atomic E-state index is 12.5. The van der Waals surface area contributed by atoms with Crippen molar-refractivity contribution in [3.63, 3.8) is 0 Å². The van der Waals surface area contributed by atoms with E-state index in [1.807, 2.05) is 12.1 Å². The van der Waals surface area contributed by atoms with E-state index in [2.05, 4.69) is 57.8 Å². The molecule has 26 heavy (non-hydrogen) atoms. The van der Waals surface area contributed by atoms with E-state index in [9.17, 15) is 4.79 Å². The summed E-state index contributed by atoms with van der Waals surface area (Å²) in [5.41, 5.74) is 1.22. The number of ketones is 1. The first-order valence-electron chi connectivity index (χ1n) is 9.69. The Morgan fingerprint density at radius 1 is 1.19 bits per heavy atom. The Balaban J connectivity index is 1.76. The Hall–Kier alpha value is -1.17. The van der Waals surface area contributed by atoms with E-state index >= 15 is 0 Å². The van der Waals surface area contributed by atoms with Gasteiger partial charge in [0.25, 0.3) is 0 Å². The normalized spacial score (nSPS) is 29.9. The molecule has 2 aliphatic rings. The van der Waals surface area contributed by atoms with Crippen LogP contribution in [0, 0.1) is 0 Å². The minimum absolute atomic E-state index is 0.0376. The number of hydrogen-bond acceptors (Lipinski definition) is 4. The molecule has 1 saturated heterocycles. The summed E-state index contributed by atoms with van der Waals surface area (Å²) in [6.45, 7) is 13.6. The second kappa shape index (κ2) is 6.77. The third-order valence-corrected chi connectivity index (χ3v) is 11.1. The van der Waals surface area contributed by atoms with Gasteiger partial charge in [0.05, 0.1) is 25.3 Å². The minimum Gasteiger partial charge on any atom is -0.497 e. The van der Waals surface area contributed by atoms with Gasteiger partial charge in [-0.15, -0.1) is 0 Å². The Morgan fingerprint density at radius 2 is 1.81 bits per heavy atom. The highest BCUT2D eigenvalue weighted by atomic mass is 28.4. The van der Waals surface area contributed by atoms with Gasteiger partial charge in [-0.25, -0.2) is 0 Å². The highest BCUT2D eigenvalue weighted by Gasteiger charge is 2.61. The van der Waals surface area contributed by atoms with Crippen molar-refractivity contribution in [2.24, 2.45) is 0 Å². The van der Waals surface area contributed by atoms with Crippen molar-refractivity contribution >= 4 is 14.1 Å². The number of fused-ring (bicyclic) bond motifs is 1. The van der Waals surface area contributed by atoms with E-state index in [1.54, 1.807) is 7.11 Å².